The van der Waals surface area contributed by atoms with Gasteiger partial charge in [-0.05, 0) is 23.8 Å². The summed E-state index contributed by atoms with van der Waals surface area (Å²) in [6, 6.07) is 4.77. The maximum atomic E-state index is 12.6. The second kappa shape index (κ2) is 12.7. The van der Waals surface area contributed by atoms with Crippen LogP contribution in [0.2, 0.25) is 0 Å². The number of ether oxygens (including phenoxy) is 2. The molecule has 0 aliphatic heterocycles. The van der Waals surface area contributed by atoms with Gasteiger partial charge in [-0.15, -0.1) is 0 Å². The monoisotopic (exact) mass is 538 g/mol. The van der Waals surface area contributed by atoms with Gasteiger partial charge < -0.3 is 14.8 Å². The quantitative estimate of drug-likeness (QED) is 0.245. The van der Waals surface area contributed by atoms with Crippen LogP contribution in [0.1, 0.15) is 29.2 Å². The number of hydrogen-bond donors (Lipinski definition) is 1. The Bertz CT molecular complexity index is 1160. The molecule has 0 saturated heterocycles. The van der Waals surface area contributed by atoms with Crippen molar-refractivity contribution in [3.05, 3.63) is 68.8 Å². The third-order valence-electron chi connectivity index (χ3n) is 4.48. The zero-order valence-corrected chi connectivity index (χ0v) is 19.5. The van der Waals surface area contributed by atoms with Crippen LogP contribution in [0.3, 0.4) is 0 Å². The van der Waals surface area contributed by atoms with E-state index in [1.54, 1.807) is 0 Å². The molecule has 37 heavy (non-hydrogen) atoms. The zero-order valence-electron chi connectivity index (χ0n) is 19.5. The van der Waals surface area contributed by atoms with Crippen LogP contribution in [0.5, 0.6) is 0 Å². The van der Waals surface area contributed by atoms with Crippen molar-refractivity contribution in [1.29, 1.82) is 0 Å². The van der Waals surface area contributed by atoms with Gasteiger partial charge in [-0.25, -0.2) is 0 Å². The minimum Gasteiger partial charge on any atom is -0.469 e. The molecule has 2 rings (SSSR count). The number of alkyl halides is 6. The SMILES string of the molecule is COC(=O)Cc1ccc(C(F)(F)F)cc1NC(C)=O.COC(=O)Cc1ccc(C(F)(F)F)cc1[N+](=O)[O-]. The van der Waals surface area contributed by atoms with E-state index in [1.807, 2.05) is 0 Å². The standard InChI is InChI=1S/C12H12F3NO3.C10H8F3NO4/c1-7(17)16-10-6-9(12(13,14)15)4-3-8(10)5-11(18)19-2;1-18-9(15)4-6-2-3-7(10(11,12)13)5-8(6)14(16)17/h3-4,6H,5H2,1-2H3,(H,16,17);2-3,5H,4H2,1H3. The van der Waals surface area contributed by atoms with Crippen molar-refractivity contribution in [1.82, 2.24) is 0 Å². The van der Waals surface area contributed by atoms with Crippen molar-refractivity contribution in [3.63, 3.8) is 0 Å². The Morgan fingerprint density at radius 3 is 1.68 bits per heavy atom. The number of nitro groups is 1. The first kappa shape index (κ1) is 30.9. The van der Waals surface area contributed by atoms with Gasteiger partial charge in [0.05, 0.1) is 43.1 Å². The Morgan fingerprint density at radius 2 is 1.27 bits per heavy atom. The van der Waals surface area contributed by atoms with Crippen LogP contribution >= 0.6 is 0 Å². The van der Waals surface area contributed by atoms with E-state index in [0.717, 1.165) is 31.4 Å². The Balaban J connectivity index is 0.000000371. The zero-order chi connectivity index (χ0) is 28.6. The van der Waals surface area contributed by atoms with Crippen molar-refractivity contribution < 1.29 is 55.1 Å². The number of methoxy groups -OCH3 is 2. The van der Waals surface area contributed by atoms with Gasteiger partial charge >= 0.3 is 24.3 Å². The highest BCUT2D eigenvalue weighted by Gasteiger charge is 2.33. The molecule has 2 aromatic rings. The number of carbonyl (C=O) groups is 3. The van der Waals surface area contributed by atoms with Crippen molar-refractivity contribution in [2.75, 3.05) is 19.5 Å². The number of hydrogen-bond acceptors (Lipinski definition) is 7. The van der Waals surface area contributed by atoms with Gasteiger partial charge in [0, 0.05) is 24.2 Å². The van der Waals surface area contributed by atoms with E-state index in [9.17, 15) is 50.8 Å². The summed E-state index contributed by atoms with van der Waals surface area (Å²) in [4.78, 5) is 42.8. The summed E-state index contributed by atoms with van der Waals surface area (Å²) in [7, 11) is 2.25. The maximum Gasteiger partial charge on any atom is 0.416 e. The number of anilines is 1. The number of amides is 1. The van der Waals surface area contributed by atoms with E-state index in [-0.39, 0.29) is 23.2 Å². The summed E-state index contributed by atoms with van der Waals surface area (Å²) in [6.45, 7) is 1.17. The van der Waals surface area contributed by atoms with Gasteiger partial charge in [-0.1, -0.05) is 12.1 Å². The molecule has 0 radical (unpaired) electrons. The average Bonchev–Trinajstić information content (AvgIpc) is 2.78. The highest BCUT2D eigenvalue weighted by molar-refractivity contribution is 5.90. The van der Waals surface area contributed by atoms with E-state index in [0.29, 0.717) is 12.1 Å². The summed E-state index contributed by atoms with van der Waals surface area (Å²) < 4.78 is 83.6. The number of halogens is 6. The summed E-state index contributed by atoms with van der Waals surface area (Å²) in [6.07, 6.45) is -9.86. The average molecular weight is 538 g/mol. The van der Waals surface area contributed by atoms with Crippen molar-refractivity contribution in [2.45, 2.75) is 32.1 Å². The van der Waals surface area contributed by atoms with Crippen LogP contribution < -0.4 is 5.32 Å². The molecule has 0 fully saturated rings. The van der Waals surface area contributed by atoms with Crippen molar-refractivity contribution in [3.8, 4) is 0 Å². The van der Waals surface area contributed by atoms with E-state index >= 15 is 0 Å². The number of nitrogens with zero attached hydrogens (tertiary/aromatic N) is 1. The molecule has 0 atom stereocenters. The molecule has 15 heteroatoms. The highest BCUT2D eigenvalue weighted by atomic mass is 19.4. The first-order chi connectivity index (χ1) is 17.0. The lowest BCUT2D eigenvalue weighted by Crippen LogP contribution is -2.14. The molecular weight excluding hydrogens is 518 g/mol. The molecule has 0 aromatic heterocycles. The third kappa shape index (κ3) is 9.77. The molecule has 2 aromatic carbocycles. The predicted molar refractivity (Wildman–Crippen MR) is 115 cm³/mol. The maximum absolute atomic E-state index is 12.6. The smallest absolute Gasteiger partial charge is 0.416 e. The van der Waals surface area contributed by atoms with Crippen LogP contribution in [-0.2, 0) is 49.1 Å². The fraction of sp³-hybridized carbons (Fsp3) is 0.318. The highest BCUT2D eigenvalue weighted by Crippen LogP contribution is 2.34. The molecule has 9 nitrogen and oxygen atoms in total. The molecular formula is C22H20F6N2O7. The van der Waals surface area contributed by atoms with Crippen molar-refractivity contribution in [2.24, 2.45) is 0 Å². The Morgan fingerprint density at radius 1 is 0.838 bits per heavy atom. The molecule has 0 aliphatic rings. The number of nitrogens with one attached hydrogen (secondary N) is 1. The summed E-state index contributed by atoms with van der Waals surface area (Å²) >= 11 is 0. The van der Waals surface area contributed by atoms with Crippen LogP contribution in [0.15, 0.2) is 36.4 Å². The van der Waals surface area contributed by atoms with Gasteiger partial charge in [0.2, 0.25) is 5.91 Å². The van der Waals surface area contributed by atoms with Gasteiger partial charge in [-0.3, -0.25) is 24.5 Å². The summed E-state index contributed by atoms with van der Waals surface area (Å²) in [5, 5.41) is 12.9. The fourth-order valence-corrected chi connectivity index (χ4v) is 2.73. The molecule has 0 spiro atoms. The Kier molecular flexibility index (Phi) is 10.6. The lowest BCUT2D eigenvalue weighted by atomic mass is 10.1. The lowest BCUT2D eigenvalue weighted by Gasteiger charge is -2.13. The summed E-state index contributed by atoms with van der Waals surface area (Å²) in [5.41, 5.74) is -2.70. The number of nitro benzene ring substituents is 1. The van der Waals surface area contributed by atoms with Crippen LogP contribution in [0.25, 0.3) is 0 Å². The molecule has 1 amide bonds. The van der Waals surface area contributed by atoms with Crippen LogP contribution in [0.4, 0.5) is 37.7 Å². The van der Waals surface area contributed by atoms with Gasteiger partial charge in [0.15, 0.2) is 0 Å². The Hall–Kier alpha value is -4.17. The molecule has 202 valence electrons. The third-order valence-corrected chi connectivity index (χ3v) is 4.48. The molecule has 0 unspecified atom stereocenters. The number of benzene rings is 2. The van der Waals surface area contributed by atoms with E-state index in [4.69, 9.17) is 0 Å². The fourth-order valence-electron chi connectivity index (χ4n) is 2.73. The number of carbonyl (C=O) groups excluding carboxylic acids is 3. The topological polar surface area (TPSA) is 125 Å². The molecule has 0 bridgehead atoms. The largest absolute Gasteiger partial charge is 0.469 e. The molecule has 1 N–H and O–H groups in total. The molecule has 0 aliphatic carbocycles. The van der Waals surface area contributed by atoms with Gasteiger partial charge in [-0.2, -0.15) is 26.3 Å². The van der Waals surface area contributed by atoms with E-state index in [2.05, 4.69) is 14.8 Å². The second-order valence-corrected chi connectivity index (χ2v) is 7.16. The number of rotatable bonds is 6. The number of esters is 2. The first-order valence-corrected chi connectivity index (χ1v) is 9.95. The second-order valence-electron chi connectivity index (χ2n) is 7.16. The minimum absolute atomic E-state index is 0.0484. The van der Waals surface area contributed by atoms with E-state index < -0.39 is 58.4 Å². The Labute approximate surface area is 205 Å². The van der Waals surface area contributed by atoms with E-state index in [1.165, 1.54) is 14.0 Å². The van der Waals surface area contributed by atoms with Crippen molar-refractivity contribution >= 4 is 29.2 Å². The predicted octanol–water partition coefficient (Wildman–Crippen LogP) is 4.71. The minimum atomic E-state index is -4.67. The molecule has 0 saturated carbocycles. The summed E-state index contributed by atoms with van der Waals surface area (Å²) in [5.74, 6) is -1.89. The van der Waals surface area contributed by atoms with Crippen LogP contribution in [-0.4, -0.2) is 37.0 Å². The van der Waals surface area contributed by atoms with Gasteiger partial charge in [0.1, 0.15) is 0 Å². The van der Waals surface area contributed by atoms with Crippen LogP contribution in [0, 0.1) is 10.1 Å². The van der Waals surface area contributed by atoms with Gasteiger partial charge in [0.25, 0.3) is 5.69 Å². The lowest BCUT2D eigenvalue weighted by molar-refractivity contribution is -0.385. The first-order valence-electron chi connectivity index (χ1n) is 9.95. The normalized spacial score (nSPS) is 11.1. The molecule has 0 heterocycles.